The zero-order chi connectivity index (χ0) is 11.0. The lowest BCUT2D eigenvalue weighted by Gasteiger charge is -2.12. The highest BCUT2D eigenvalue weighted by Gasteiger charge is 2.28. The predicted molar refractivity (Wildman–Crippen MR) is 63.5 cm³/mol. The van der Waals surface area contributed by atoms with Gasteiger partial charge in [-0.15, -0.1) is 0 Å². The molecule has 3 nitrogen and oxygen atoms in total. The number of hydrogen-bond donors (Lipinski definition) is 1. The fourth-order valence-corrected chi connectivity index (χ4v) is 3.49. The molecule has 2 atom stereocenters. The van der Waals surface area contributed by atoms with Crippen LogP contribution in [0.4, 0.5) is 0 Å². The summed E-state index contributed by atoms with van der Waals surface area (Å²) in [4.78, 5) is 0. The van der Waals surface area contributed by atoms with Crippen LogP contribution in [0.5, 0.6) is 0 Å². The molecule has 0 aliphatic carbocycles. The van der Waals surface area contributed by atoms with Gasteiger partial charge >= 0.3 is 0 Å². The Morgan fingerprint density at radius 1 is 1.60 bits per heavy atom. The molecular formula is C10H15ClN2OS. The van der Waals surface area contributed by atoms with Crippen LogP contribution < -0.4 is 0 Å². The molecule has 84 valence electrons. The Morgan fingerprint density at radius 2 is 2.33 bits per heavy atom. The second-order valence-corrected chi connectivity index (χ2v) is 5.48. The third-order valence-corrected chi connectivity index (χ3v) is 4.61. The molecule has 1 N–H and O–H groups in total. The van der Waals surface area contributed by atoms with Gasteiger partial charge in [0.2, 0.25) is 0 Å². The van der Waals surface area contributed by atoms with Crippen molar-refractivity contribution in [2.75, 3.05) is 11.5 Å². The Labute approximate surface area is 98.8 Å². The normalized spacial score (nSPS) is 26.1. The van der Waals surface area contributed by atoms with E-state index in [0.29, 0.717) is 11.1 Å². The fraction of sp³-hybridized carbons (Fsp3) is 0.700. The molecule has 0 bridgehead atoms. The SMILES string of the molecule is Cc1nn(C)c(Cl)c1CC1CSCC1O. The number of thioether (sulfide) groups is 1. The first-order valence-corrected chi connectivity index (χ1v) is 6.56. The summed E-state index contributed by atoms with van der Waals surface area (Å²) in [7, 11) is 1.85. The molecule has 2 heterocycles. The molecule has 2 rings (SSSR count). The van der Waals surface area contributed by atoms with Gasteiger partial charge in [-0.3, -0.25) is 4.68 Å². The van der Waals surface area contributed by atoms with Crippen molar-refractivity contribution in [3.8, 4) is 0 Å². The lowest BCUT2D eigenvalue weighted by Crippen LogP contribution is -2.20. The summed E-state index contributed by atoms with van der Waals surface area (Å²) in [5, 5.41) is 14.7. The topological polar surface area (TPSA) is 38.0 Å². The number of aromatic nitrogens is 2. The highest BCUT2D eigenvalue weighted by Crippen LogP contribution is 2.30. The maximum atomic E-state index is 9.75. The third-order valence-electron chi connectivity index (χ3n) is 2.90. The number of hydrogen-bond acceptors (Lipinski definition) is 3. The average molecular weight is 247 g/mol. The number of rotatable bonds is 2. The molecule has 0 spiro atoms. The number of nitrogens with zero attached hydrogens (tertiary/aromatic N) is 2. The monoisotopic (exact) mass is 246 g/mol. The summed E-state index contributed by atoms with van der Waals surface area (Å²) in [5.74, 6) is 2.20. The molecule has 1 aliphatic rings. The molecule has 1 aliphatic heterocycles. The van der Waals surface area contributed by atoms with Crippen LogP contribution in [0.1, 0.15) is 11.3 Å². The van der Waals surface area contributed by atoms with Crippen LogP contribution in [-0.4, -0.2) is 32.5 Å². The van der Waals surface area contributed by atoms with Crippen LogP contribution >= 0.6 is 23.4 Å². The third kappa shape index (κ3) is 2.17. The minimum Gasteiger partial charge on any atom is -0.392 e. The molecule has 0 saturated carbocycles. The molecular weight excluding hydrogens is 232 g/mol. The van der Waals surface area contributed by atoms with E-state index in [9.17, 15) is 5.11 Å². The number of aryl methyl sites for hydroxylation is 2. The minimum absolute atomic E-state index is 0.189. The second-order valence-electron chi connectivity index (χ2n) is 4.05. The van der Waals surface area contributed by atoms with Crippen LogP contribution in [0, 0.1) is 12.8 Å². The first-order valence-electron chi connectivity index (χ1n) is 5.03. The van der Waals surface area contributed by atoms with E-state index >= 15 is 0 Å². The van der Waals surface area contributed by atoms with Gasteiger partial charge < -0.3 is 5.11 Å². The lowest BCUT2D eigenvalue weighted by atomic mass is 9.97. The van der Waals surface area contributed by atoms with E-state index < -0.39 is 0 Å². The maximum Gasteiger partial charge on any atom is 0.130 e. The van der Waals surface area contributed by atoms with Crippen LogP contribution in [0.3, 0.4) is 0 Å². The number of halogens is 1. The predicted octanol–water partition coefficient (Wildman–Crippen LogP) is 1.65. The summed E-state index contributed by atoms with van der Waals surface area (Å²) < 4.78 is 1.70. The summed E-state index contributed by atoms with van der Waals surface area (Å²) in [6, 6.07) is 0. The molecule has 1 aromatic heterocycles. The quantitative estimate of drug-likeness (QED) is 0.863. The van der Waals surface area contributed by atoms with Crippen LogP contribution in [0.2, 0.25) is 5.15 Å². The van der Waals surface area contributed by atoms with Crippen molar-refractivity contribution in [3.63, 3.8) is 0 Å². The molecule has 0 amide bonds. The van der Waals surface area contributed by atoms with Crippen molar-refractivity contribution < 1.29 is 5.11 Å². The second kappa shape index (κ2) is 4.36. The molecule has 0 aromatic carbocycles. The molecule has 15 heavy (non-hydrogen) atoms. The van der Waals surface area contributed by atoms with Crippen molar-refractivity contribution in [1.29, 1.82) is 0 Å². The van der Waals surface area contributed by atoms with E-state index in [4.69, 9.17) is 11.6 Å². The van der Waals surface area contributed by atoms with Gasteiger partial charge in [0.1, 0.15) is 5.15 Å². The first kappa shape index (κ1) is 11.3. The standard InChI is InChI=1S/C10H15ClN2OS/c1-6-8(10(11)13(2)12-6)3-7-4-15-5-9(7)14/h7,9,14H,3-5H2,1-2H3. The van der Waals surface area contributed by atoms with E-state index in [0.717, 1.165) is 29.2 Å². The van der Waals surface area contributed by atoms with Gasteiger partial charge in [0.25, 0.3) is 0 Å². The van der Waals surface area contributed by atoms with Crippen LogP contribution in [0.15, 0.2) is 0 Å². The first-order chi connectivity index (χ1) is 7.09. The van der Waals surface area contributed by atoms with Gasteiger partial charge in [-0.1, -0.05) is 11.6 Å². The van der Waals surface area contributed by atoms with Crippen molar-refractivity contribution >= 4 is 23.4 Å². The molecule has 2 unspecified atom stereocenters. The van der Waals surface area contributed by atoms with Crippen molar-refractivity contribution in [1.82, 2.24) is 9.78 Å². The molecule has 0 radical (unpaired) electrons. The van der Waals surface area contributed by atoms with E-state index in [1.807, 2.05) is 25.7 Å². The Hall–Kier alpha value is -0.190. The van der Waals surface area contributed by atoms with Gasteiger partial charge in [0, 0.05) is 18.4 Å². The van der Waals surface area contributed by atoms with Gasteiger partial charge in [-0.05, 0) is 25.0 Å². The van der Waals surface area contributed by atoms with Gasteiger partial charge in [0.05, 0.1) is 11.8 Å². The summed E-state index contributed by atoms with van der Waals surface area (Å²) in [6.07, 6.45) is 0.651. The van der Waals surface area contributed by atoms with Crippen LogP contribution in [-0.2, 0) is 13.5 Å². The van der Waals surface area contributed by atoms with Crippen molar-refractivity contribution in [2.45, 2.75) is 19.4 Å². The average Bonchev–Trinajstić information content (AvgIpc) is 2.67. The van der Waals surface area contributed by atoms with Crippen molar-refractivity contribution in [3.05, 3.63) is 16.4 Å². The van der Waals surface area contributed by atoms with Gasteiger partial charge in [-0.2, -0.15) is 16.9 Å². The number of aliphatic hydroxyl groups is 1. The van der Waals surface area contributed by atoms with Gasteiger partial charge in [0.15, 0.2) is 0 Å². The summed E-state index contributed by atoms with van der Waals surface area (Å²) in [6.45, 7) is 1.97. The van der Waals surface area contributed by atoms with Gasteiger partial charge in [-0.25, -0.2) is 0 Å². The zero-order valence-corrected chi connectivity index (χ0v) is 10.5. The Morgan fingerprint density at radius 3 is 2.80 bits per heavy atom. The van der Waals surface area contributed by atoms with E-state index in [1.54, 1.807) is 4.68 Å². The molecule has 1 fully saturated rings. The summed E-state index contributed by atoms with van der Waals surface area (Å²) in [5.41, 5.74) is 2.07. The molecule has 1 aromatic rings. The Bertz CT molecular complexity index is 367. The van der Waals surface area contributed by atoms with Crippen LogP contribution in [0.25, 0.3) is 0 Å². The highest BCUT2D eigenvalue weighted by atomic mass is 35.5. The minimum atomic E-state index is -0.189. The Kier molecular flexibility index (Phi) is 3.28. The van der Waals surface area contributed by atoms with E-state index in [1.165, 1.54) is 0 Å². The highest BCUT2D eigenvalue weighted by molar-refractivity contribution is 7.99. The Balaban J connectivity index is 2.16. The maximum absolute atomic E-state index is 9.75. The largest absolute Gasteiger partial charge is 0.392 e. The van der Waals surface area contributed by atoms with E-state index in [-0.39, 0.29) is 6.10 Å². The summed E-state index contributed by atoms with van der Waals surface area (Å²) >= 11 is 7.96. The van der Waals surface area contributed by atoms with Crippen molar-refractivity contribution in [2.24, 2.45) is 13.0 Å². The molecule has 1 saturated heterocycles. The smallest absolute Gasteiger partial charge is 0.130 e. The molecule has 5 heteroatoms. The van der Waals surface area contributed by atoms with E-state index in [2.05, 4.69) is 5.10 Å². The number of aliphatic hydroxyl groups excluding tert-OH is 1. The zero-order valence-electron chi connectivity index (χ0n) is 8.90. The fourth-order valence-electron chi connectivity index (χ4n) is 1.95. The lowest BCUT2D eigenvalue weighted by molar-refractivity contribution is 0.150.